The highest BCUT2D eigenvalue weighted by molar-refractivity contribution is 14.1. The third-order valence-electron chi connectivity index (χ3n) is 1.83. The molecule has 3 atom stereocenters. The molecule has 1 aliphatic rings. The fourth-order valence-corrected chi connectivity index (χ4v) is 1.63. The van der Waals surface area contributed by atoms with Crippen molar-refractivity contribution >= 4 is 22.6 Å². The van der Waals surface area contributed by atoms with Crippen LogP contribution in [0.1, 0.15) is 13.8 Å². The first-order valence-electron chi connectivity index (χ1n) is 2.97. The zero-order valence-electron chi connectivity index (χ0n) is 5.23. The van der Waals surface area contributed by atoms with Gasteiger partial charge in [0.05, 0.1) is 12.7 Å². The Balaban J connectivity index is 2.44. The molecule has 1 rings (SSSR count). The fourth-order valence-electron chi connectivity index (χ4n) is 0.841. The molecule has 0 aromatic carbocycles. The van der Waals surface area contributed by atoms with Crippen LogP contribution in [0.4, 0.5) is 0 Å². The van der Waals surface area contributed by atoms with E-state index in [2.05, 4.69) is 36.4 Å². The second-order valence-corrected chi connectivity index (χ2v) is 4.01. The Bertz CT molecular complexity index is 74.6. The summed E-state index contributed by atoms with van der Waals surface area (Å²) < 4.78 is 6.11. The smallest absolute Gasteiger partial charge is 0.0591 e. The quantitative estimate of drug-likeness (QED) is 0.452. The summed E-state index contributed by atoms with van der Waals surface area (Å²) in [6.45, 7) is 5.33. The Labute approximate surface area is 63.9 Å². The second kappa shape index (κ2) is 2.52. The minimum absolute atomic E-state index is 0.483. The van der Waals surface area contributed by atoms with E-state index in [1.807, 2.05) is 0 Å². The molecule has 0 amide bonds. The van der Waals surface area contributed by atoms with Crippen LogP contribution in [-0.4, -0.2) is 16.6 Å². The zero-order chi connectivity index (χ0) is 6.15. The van der Waals surface area contributed by atoms with Gasteiger partial charge < -0.3 is 4.74 Å². The molecule has 0 unspecified atom stereocenters. The van der Waals surface area contributed by atoms with Gasteiger partial charge >= 0.3 is 0 Å². The van der Waals surface area contributed by atoms with Crippen molar-refractivity contribution in [1.82, 2.24) is 0 Å². The summed E-state index contributed by atoms with van der Waals surface area (Å²) in [5.41, 5.74) is 0. The van der Waals surface area contributed by atoms with Crippen LogP contribution < -0.4 is 0 Å². The van der Waals surface area contributed by atoms with E-state index in [9.17, 15) is 0 Å². The number of hydrogen-bond acceptors (Lipinski definition) is 1. The first-order valence-corrected chi connectivity index (χ1v) is 4.22. The van der Waals surface area contributed by atoms with E-state index in [4.69, 9.17) is 4.74 Å². The SMILES string of the molecule is C[C@@H]1[C@H](C)OC[C@@H]1I. The van der Waals surface area contributed by atoms with Gasteiger partial charge in [0, 0.05) is 3.92 Å². The second-order valence-electron chi connectivity index (χ2n) is 2.41. The Morgan fingerprint density at radius 2 is 2.12 bits per heavy atom. The molecule has 0 radical (unpaired) electrons. The van der Waals surface area contributed by atoms with Crippen molar-refractivity contribution in [3.05, 3.63) is 0 Å². The number of alkyl halides is 1. The first-order chi connectivity index (χ1) is 3.72. The van der Waals surface area contributed by atoms with Crippen LogP contribution in [-0.2, 0) is 4.74 Å². The van der Waals surface area contributed by atoms with Crippen LogP contribution in [0, 0.1) is 5.92 Å². The summed E-state index contributed by atoms with van der Waals surface area (Å²) in [7, 11) is 0. The van der Waals surface area contributed by atoms with Crippen molar-refractivity contribution in [3.8, 4) is 0 Å². The highest BCUT2D eigenvalue weighted by atomic mass is 127. The van der Waals surface area contributed by atoms with Crippen molar-refractivity contribution < 1.29 is 4.74 Å². The van der Waals surface area contributed by atoms with Crippen LogP contribution in [0.25, 0.3) is 0 Å². The third kappa shape index (κ3) is 1.16. The maximum atomic E-state index is 5.37. The van der Waals surface area contributed by atoms with Gasteiger partial charge in [-0.3, -0.25) is 0 Å². The van der Waals surface area contributed by atoms with E-state index in [0.717, 1.165) is 16.4 Å². The minimum atomic E-state index is 0.483. The molecule has 0 spiro atoms. The molecule has 2 heteroatoms. The van der Waals surface area contributed by atoms with Gasteiger partial charge in [-0.05, 0) is 12.8 Å². The molecule has 0 aromatic rings. The lowest BCUT2D eigenvalue weighted by Crippen LogP contribution is -2.12. The van der Waals surface area contributed by atoms with Crippen molar-refractivity contribution in [3.63, 3.8) is 0 Å². The summed E-state index contributed by atoms with van der Waals surface area (Å²) in [5, 5.41) is 0. The molecule has 0 aliphatic carbocycles. The van der Waals surface area contributed by atoms with E-state index >= 15 is 0 Å². The van der Waals surface area contributed by atoms with Crippen molar-refractivity contribution in [1.29, 1.82) is 0 Å². The number of rotatable bonds is 0. The summed E-state index contributed by atoms with van der Waals surface area (Å²) >= 11 is 2.45. The van der Waals surface area contributed by atoms with Gasteiger partial charge in [-0.2, -0.15) is 0 Å². The third-order valence-corrected chi connectivity index (χ3v) is 3.32. The highest BCUT2D eigenvalue weighted by Crippen LogP contribution is 2.26. The number of ether oxygens (including phenoxy) is 1. The van der Waals surface area contributed by atoms with Gasteiger partial charge in [-0.1, -0.05) is 29.5 Å². The maximum Gasteiger partial charge on any atom is 0.0591 e. The molecule has 0 aromatic heterocycles. The molecule has 0 bridgehead atoms. The maximum absolute atomic E-state index is 5.37. The molecule has 1 heterocycles. The highest BCUT2D eigenvalue weighted by Gasteiger charge is 2.27. The van der Waals surface area contributed by atoms with Gasteiger partial charge in [0.15, 0.2) is 0 Å². The van der Waals surface area contributed by atoms with Gasteiger partial charge in [0.1, 0.15) is 0 Å². The standard InChI is InChI=1S/C6H11IO/c1-4-5(2)8-3-6(4)7/h4-6H,3H2,1-2H3/t4-,5+,6+/m1/s1. The molecule has 48 valence electrons. The zero-order valence-corrected chi connectivity index (χ0v) is 7.38. The monoisotopic (exact) mass is 226 g/mol. The van der Waals surface area contributed by atoms with Gasteiger partial charge in [0.2, 0.25) is 0 Å². The van der Waals surface area contributed by atoms with E-state index in [0.29, 0.717) is 6.10 Å². The summed E-state index contributed by atoms with van der Waals surface area (Å²) in [6, 6.07) is 0. The Morgan fingerprint density at radius 1 is 1.50 bits per heavy atom. The van der Waals surface area contributed by atoms with Crippen LogP contribution in [0.2, 0.25) is 0 Å². The van der Waals surface area contributed by atoms with Crippen molar-refractivity contribution in [2.24, 2.45) is 5.92 Å². The summed E-state index contributed by atoms with van der Waals surface area (Å²) in [6.07, 6.45) is 0.483. The van der Waals surface area contributed by atoms with Gasteiger partial charge in [-0.15, -0.1) is 0 Å². The van der Waals surface area contributed by atoms with E-state index < -0.39 is 0 Å². The lowest BCUT2D eigenvalue weighted by molar-refractivity contribution is 0.109. The van der Waals surface area contributed by atoms with E-state index in [1.54, 1.807) is 0 Å². The average molecular weight is 226 g/mol. The molecule has 1 saturated heterocycles. The van der Waals surface area contributed by atoms with Crippen LogP contribution >= 0.6 is 22.6 Å². The predicted molar refractivity (Wildman–Crippen MR) is 42.4 cm³/mol. The molecule has 0 saturated carbocycles. The van der Waals surface area contributed by atoms with Crippen LogP contribution in [0.15, 0.2) is 0 Å². The molecule has 0 N–H and O–H groups in total. The molecule has 1 nitrogen and oxygen atoms in total. The minimum Gasteiger partial charge on any atom is -0.377 e. The Morgan fingerprint density at radius 3 is 2.25 bits per heavy atom. The lowest BCUT2D eigenvalue weighted by atomic mass is 10.1. The fraction of sp³-hybridized carbons (Fsp3) is 1.00. The van der Waals surface area contributed by atoms with Gasteiger partial charge in [0.25, 0.3) is 0 Å². The molecule has 1 fully saturated rings. The Kier molecular flexibility index (Phi) is 2.14. The summed E-state index contributed by atoms with van der Waals surface area (Å²) in [4.78, 5) is 0. The van der Waals surface area contributed by atoms with Gasteiger partial charge in [-0.25, -0.2) is 0 Å². The summed E-state index contributed by atoms with van der Waals surface area (Å²) in [5.74, 6) is 0.746. The molecular formula is C6H11IO. The van der Waals surface area contributed by atoms with Crippen LogP contribution in [0.5, 0.6) is 0 Å². The molecule has 8 heavy (non-hydrogen) atoms. The predicted octanol–water partition coefficient (Wildman–Crippen LogP) is 1.84. The lowest BCUT2D eigenvalue weighted by Gasteiger charge is -2.07. The largest absolute Gasteiger partial charge is 0.377 e. The van der Waals surface area contributed by atoms with Crippen molar-refractivity contribution in [2.75, 3.05) is 6.61 Å². The van der Waals surface area contributed by atoms with E-state index in [1.165, 1.54) is 0 Å². The average Bonchev–Trinajstić information content (AvgIpc) is 1.98. The Hall–Kier alpha value is 0.690. The number of halogens is 1. The van der Waals surface area contributed by atoms with E-state index in [-0.39, 0.29) is 0 Å². The number of hydrogen-bond donors (Lipinski definition) is 0. The first kappa shape index (κ1) is 6.81. The normalized spacial score (nSPS) is 47.6. The van der Waals surface area contributed by atoms with Crippen LogP contribution in [0.3, 0.4) is 0 Å². The molecule has 1 aliphatic heterocycles. The van der Waals surface area contributed by atoms with Crippen molar-refractivity contribution in [2.45, 2.75) is 23.9 Å². The molecular weight excluding hydrogens is 215 g/mol. The topological polar surface area (TPSA) is 9.23 Å².